The Morgan fingerprint density at radius 1 is 1.06 bits per heavy atom. The number of aryl methyl sites for hydroxylation is 1. The van der Waals surface area contributed by atoms with Gasteiger partial charge in [0.1, 0.15) is 5.75 Å². The Bertz CT molecular complexity index is 1100. The molecule has 0 spiro atoms. The molecule has 0 bridgehead atoms. The first kappa shape index (κ1) is 21.0. The molecule has 2 aromatic heterocycles. The van der Waals surface area contributed by atoms with Crippen LogP contribution in [0.5, 0.6) is 5.75 Å². The molecule has 5 rings (SSSR count). The second kappa shape index (κ2) is 8.58. The van der Waals surface area contributed by atoms with Gasteiger partial charge in [0.2, 0.25) is 0 Å². The first-order chi connectivity index (χ1) is 15.6. The highest BCUT2D eigenvalue weighted by Gasteiger charge is 2.42. The zero-order valence-corrected chi connectivity index (χ0v) is 19.7. The maximum Gasteiger partial charge on any atom is 0.174 e. The molecule has 1 aliphatic heterocycles. The smallest absolute Gasteiger partial charge is 0.174 e. The van der Waals surface area contributed by atoms with Crippen LogP contribution in [0.25, 0.3) is 0 Å². The lowest BCUT2D eigenvalue weighted by molar-refractivity contribution is 0.415. The predicted octanol–water partition coefficient (Wildman–Crippen LogP) is 5.80. The predicted molar refractivity (Wildman–Crippen MR) is 132 cm³/mol. The summed E-state index contributed by atoms with van der Waals surface area (Å²) < 4.78 is 7.94. The van der Waals surface area contributed by atoms with Crippen LogP contribution >= 0.6 is 12.2 Å². The quantitative estimate of drug-likeness (QED) is 0.502. The second-order valence-corrected chi connectivity index (χ2v) is 9.22. The molecule has 5 nitrogen and oxygen atoms in total. The minimum atomic E-state index is -0.0247. The Morgan fingerprint density at radius 2 is 1.81 bits per heavy atom. The van der Waals surface area contributed by atoms with Crippen LogP contribution in [0.15, 0.2) is 54.7 Å². The van der Waals surface area contributed by atoms with Crippen molar-refractivity contribution in [3.05, 3.63) is 77.4 Å². The molecule has 3 aromatic rings. The van der Waals surface area contributed by atoms with Crippen molar-refractivity contribution in [3.8, 4) is 5.75 Å². The fourth-order valence-electron chi connectivity index (χ4n) is 5.52. The number of ether oxygens (including phenoxy) is 1. The van der Waals surface area contributed by atoms with Crippen molar-refractivity contribution < 1.29 is 4.74 Å². The molecule has 1 saturated heterocycles. The highest BCUT2D eigenvalue weighted by atomic mass is 32.1. The average molecular weight is 447 g/mol. The molecule has 3 heterocycles. The third-order valence-corrected chi connectivity index (χ3v) is 7.30. The van der Waals surface area contributed by atoms with Crippen LogP contribution in [0.4, 0.5) is 5.69 Å². The molecule has 0 radical (unpaired) electrons. The van der Waals surface area contributed by atoms with Crippen molar-refractivity contribution in [2.24, 2.45) is 0 Å². The number of thiocarbonyl (C=S) groups is 1. The van der Waals surface area contributed by atoms with Gasteiger partial charge in [-0.2, -0.15) is 0 Å². The summed E-state index contributed by atoms with van der Waals surface area (Å²) in [7, 11) is 1.69. The fraction of sp³-hybridized carbons (Fsp3) is 0.385. The number of pyridine rings is 1. The van der Waals surface area contributed by atoms with E-state index in [0.29, 0.717) is 6.04 Å². The van der Waals surface area contributed by atoms with Crippen molar-refractivity contribution in [1.82, 2.24) is 14.9 Å². The summed E-state index contributed by atoms with van der Waals surface area (Å²) in [6.07, 6.45) is 7.03. The normalized spacial score (nSPS) is 21.2. The molecule has 2 atom stereocenters. The van der Waals surface area contributed by atoms with Gasteiger partial charge in [0.25, 0.3) is 0 Å². The van der Waals surface area contributed by atoms with Crippen molar-refractivity contribution >= 4 is 23.0 Å². The zero-order valence-electron chi connectivity index (χ0n) is 18.9. The van der Waals surface area contributed by atoms with E-state index in [0.717, 1.165) is 22.2 Å². The molecule has 32 heavy (non-hydrogen) atoms. The standard InChI is InChI=1S/C26H30N4OS/c1-17-16-22(18(2)29(17)19-8-4-5-9-19)25-24(23-10-6-7-15-27-23)28-26(32)30(25)20-11-13-21(31-3)14-12-20/h6-7,10-16,19,24-25H,4-5,8-9H2,1-3H3,(H,28,32). The lowest BCUT2D eigenvalue weighted by Gasteiger charge is -2.28. The van der Waals surface area contributed by atoms with E-state index in [2.05, 4.69) is 57.9 Å². The molecule has 1 aliphatic carbocycles. The van der Waals surface area contributed by atoms with Crippen molar-refractivity contribution in [2.45, 2.75) is 57.7 Å². The molecular weight excluding hydrogens is 416 g/mol. The summed E-state index contributed by atoms with van der Waals surface area (Å²) in [6.45, 7) is 4.51. The lowest BCUT2D eigenvalue weighted by atomic mass is 9.96. The van der Waals surface area contributed by atoms with E-state index in [1.807, 2.05) is 30.5 Å². The second-order valence-electron chi connectivity index (χ2n) is 8.83. The van der Waals surface area contributed by atoms with Gasteiger partial charge in [-0.15, -0.1) is 0 Å². The Hall–Kier alpha value is -2.86. The highest BCUT2D eigenvalue weighted by Crippen LogP contribution is 2.45. The van der Waals surface area contributed by atoms with Gasteiger partial charge in [0, 0.05) is 29.3 Å². The number of methoxy groups -OCH3 is 1. The number of benzene rings is 1. The van der Waals surface area contributed by atoms with Gasteiger partial charge >= 0.3 is 0 Å². The van der Waals surface area contributed by atoms with Gasteiger partial charge in [-0.3, -0.25) is 4.98 Å². The molecule has 166 valence electrons. The van der Waals surface area contributed by atoms with Crippen molar-refractivity contribution in [3.63, 3.8) is 0 Å². The minimum absolute atomic E-state index is 0.0205. The van der Waals surface area contributed by atoms with Gasteiger partial charge in [0.15, 0.2) is 5.11 Å². The molecule has 0 amide bonds. The van der Waals surface area contributed by atoms with Crippen LogP contribution in [0, 0.1) is 13.8 Å². The van der Waals surface area contributed by atoms with Crippen LogP contribution in [-0.2, 0) is 0 Å². The molecule has 1 aromatic carbocycles. The van der Waals surface area contributed by atoms with Gasteiger partial charge in [-0.05, 0) is 86.9 Å². The van der Waals surface area contributed by atoms with Gasteiger partial charge in [-0.25, -0.2) is 0 Å². The first-order valence-electron chi connectivity index (χ1n) is 11.4. The third-order valence-electron chi connectivity index (χ3n) is 6.98. The molecular formula is C26H30N4OS. The molecule has 1 saturated carbocycles. The number of anilines is 1. The molecule has 2 fully saturated rings. The number of hydrogen-bond donors (Lipinski definition) is 1. The highest BCUT2D eigenvalue weighted by molar-refractivity contribution is 7.80. The molecule has 2 aliphatic rings. The maximum absolute atomic E-state index is 5.88. The fourth-order valence-corrected chi connectivity index (χ4v) is 5.86. The summed E-state index contributed by atoms with van der Waals surface area (Å²) in [5.74, 6) is 0.837. The van der Waals surface area contributed by atoms with E-state index in [9.17, 15) is 0 Å². The monoisotopic (exact) mass is 446 g/mol. The van der Waals surface area contributed by atoms with E-state index in [1.165, 1.54) is 42.6 Å². The first-order valence-corrected chi connectivity index (χ1v) is 11.8. The van der Waals surface area contributed by atoms with Gasteiger partial charge < -0.3 is 19.5 Å². The third kappa shape index (κ3) is 3.56. The molecule has 1 N–H and O–H groups in total. The number of hydrogen-bond acceptors (Lipinski definition) is 3. The number of aromatic nitrogens is 2. The van der Waals surface area contributed by atoms with Crippen molar-refractivity contribution in [1.29, 1.82) is 0 Å². The summed E-state index contributed by atoms with van der Waals surface area (Å²) in [5.41, 5.74) is 6.04. The van der Waals surface area contributed by atoms with Crippen LogP contribution in [0.3, 0.4) is 0 Å². The maximum atomic E-state index is 5.88. The Balaban J connectivity index is 1.63. The number of nitrogens with one attached hydrogen (secondary N) is 1. The Labute approximate surface area is 195 Å². The largest absolute Gasteiger partial charge is 0.497 e. The van der Waals surface area contributed by atoms with Crippen LogP contribution in [0.2, 0.25) is 0 Å². The summed E-state index contributed by atoms with van der Waals surface area (Å²) in [4.78, 5) is 6.93. The summed E-state index contributed by atoms with van der Waals surface area (Å²) >= 11 is 5.88. The average Bonchev–Trinajstić information content (AvgIpc) is 3.52. The summed E-state index contributed by atoms with van der Waals surface area (Å²) in [5, 5.41) is 4.30. The Kier molecular flexibility index (Phi) is 5.64. The minimum Gasteiger partial charge on any atom is -0.497 e. The van der Waals surface area contributed by atoms with E-state index in [-0.39, 0.29) is 12.1 Å². The topological polar surface area (TPSA) is 42.3 Å². The van der Waals surface area contributed by atoms with E-state index in [1.54, 1.807) is 7.11 Å². The molecule has 6 heteroatoms. The molecule has 2 unspecified atom stereocenters. The van der Waals surface area contributed by atoms with Crippen LogP contribution < -0.4 is 15.0 Å². The Morgan fingerprint density at radius 3 is 2.47 bits per heavy atom. The van der Waals surface area contributed by atoms with Gasteiger partial charge in [0.05, 0.1) is 24.9 Å². The zero-order chi connectivity index (χ0) is 22.2. The van der Waals surface area contributed by atoms with E-state index < -0.39 is 0 Å². The number of rotatable bonds is 5. The SMILES string of the molecule is COc1ccc(N2C(=S)NC(c3ccccn3)C2c2cc(C)n(C3CCCC3)c2C)cc1. The van der Waals surface area contributed by atoms with Crippen LogP contribution in [0.1, 0.15) is 66.5 Å². The summed E-state index contributed by atoms with van der Waals surface area (Å²) in [6, 6.07) is 17.2. The lowest BCUT2D eigenvalue weighted by Crippen LogP contribution is -2.29. The van der Waals surface area contributed by atoms with E-state index in [4.69, 9.17) is 17.0 Å². The van der Waals surface area contributed by atoms with E-state index >= 15 is 0 Å². The number of nitrogens with zero attached hydrogens (tertiary/aromatic N) is 3. The van der Waals surface area contributed by atoms with Crippen LogP contribution in [-0.4, -0.2) is 21.8 Å². The van der Waals surface area contributed by atoms with Crippen molar-refractivity contribution in [2.75, 3.05) is 12.0 Å². The van der Waals surface area contributed by atoms with Gasteiger partial charge in [-0.1, -0.05) is 18.9 Å².